The fraction of sp³-hybridized carbons (Fsp3) is 0.375. The molecule has 1 heterocycles. The fourth-order valence-electron chi connectivity index (χ4n) is 2.32. The van der Waals surface area contributed by atoms with E-state index in [9.17, 15) is 5.11 Å². The average molecular weight is 275 g/mol. The van der Waals surface area contributed by atoms with Crippen LogP contribution in [0.15, 0.2) is 47.1 Å². The zero-order valence-corrected chi connectivity index (χ0v) is 11.9. The molecule has 0 aliphatic rings. The van der Waals surface area contributed by atoms with E-state index in [0.29, 0.717) is 0 Å². The molecule has 2 aromatic rings. The summed E-state index contributed by atoms with van der Waals surface area (Å²) in [6.07, 6.45) is 2.44. The van der Waals surface area contributed by atoms with Crippen molar-refractivity contribution in [2.75, 3.05) is 13.7 Å². The molecule has 0 saturated heterocycles. The van der Waals surface area contributed by atoms with Crippen molar-refractivity contribution in [1.82, 2.24) is 5.32 Å². The molecule has 1 aromatic carbocycles. The minimum absolute atomic E-state index is 0.00375. The lowest BCUT2D eigenvalue weighted by atomic mass is 10.0. The minimum atomic E-state index is -0.185. The van der Waals surface area contributed by atoms with Crippen LogP contribution < -0.4 is 10.1 Å². The van der Waals surface area contributed by atoms with E-state index < -0.39 is 0 Å². The number of hydrogen-bond acceptors (Lipinski definition) is 4. The van der Waals surface area contributed by atoms with Gasteiger partial charge >= 0.3 is 0 Å². The molecular weight excluding hydrogens is 254 g/mol. The zero-order valence-electron chi connectivity index (χ0n) is 11.9. The van der Waals surface area contributed by atoms with Gasteiger partial charge in [0.1, 0.15) is 11.5 Å². The second-order valence-electron chi connectivity index (χ2n) is 4.83. The molecule has 1 aromatic heterocycles. The van der Waals surface area contributed by atoms with E-state index in [0.717, 1.165) is 23.5 Å². The number of hydrogen-bond donors (Lipinski definition) is 2. The Morgan fingerprint density at radius 2 is 2.05 bits per heavy atom. The maximum Gasteiger partial charge on any atom is 0.123 e. The number of rotatable bonds is 7. The van der Waals surface area contributed by atoms with E-state index in [4.69, 9.17) is 9.15 Å². The number of nitrogens with one attached hydrogen (secondary N) is 1. The Balaban J connectivity index is 1.99. The van der Waals surface area contributed by atoms with Crippen molar-refractivity contribution in [3.05, 3.63) is 54.0 Å². The molecule has 0 amide bonds. The number of benzene rings is 1. The first-order valence-electron chi connectivity index (χ1n) is 6.76. The summed E-state index contributed by atoms with van der Waals surface area (Å²) in [6.45, 7) is 2.09. The quantitative estimate of drug-likeness (QED) is 0.815. The minimum Gasteiger partial charge on any atom is -0.496 e. The summed E-state index contributed by atoms with van der Waals surface area (Å²) < 4.78 is 10.7. The number of aliphatic hydroxyl groups is 1. The number of furan rings is 1. The molecule has 0 bridgehead atoms. The molecule has 0 fully saturated rings. The first-order chi connectivity index (χ1) is 9.74. The summed E-state index contributed by atoms with van der Waals surface area (Å²) >= 11 is 0. The topological polar surface area (TPSA) is 54.6 Å². The van der Waals surface area contributed by atoms with E-state index in [1.54, 1.807) is 13.4 Å². The van der Waals surface area contributed by atoms with E-state index in [1.807, 2.05) is 30.3 Å². The van der Waals surface area contributed by atoms with Gasteiger partial charge in [0, 0.05) is 6.04 Å². The average Bonchev–Trinajstić information content (AvgIpc) is 2.99. The lowest BCUT2D eigenvalue weighted by Crippen LogP contribution is -2.34. The van der Waals surface area contributed by atoms with Crippen molar-refractivity contribution in [2.24, 2.45) is 0 Å². The Morgan fingerprint density at radius 1 is 1.25 bits per heavy atom. The SMILES string of the molecule is COc1ccccc1CC(C)NC(CO)c1ccco1. The molecule has 20 heavy (non-hydrogen) atoms. The van der Waals surface area contributed by atoms with Gasteiger partial charge in [-0.3, -0.25) is 0 Å². The Kier molecular flexibility index (Phi) is 5.21. The molecule has 2 rings (SSSR count). The number of ether oxygens (including phenoxy) is 1. The van der Waals surface area contributed by atoms with Crippen LogP contribution in [0.5, 0.6) is 5.75 Å². The highest BCUT2D eigenvalue weighted by Gasteiger charge is 2.16. The molecular formula is C16H21NO3. The van der Waals surface area contributed by atoms with Gasteiger partial charge in [0.2, 0.25) is 0 Å². The van der Waals surface area contributed by atoms with Crippen LogP contribution in [-0.4, -0.2) is 24.9 Å². The summed E-state index contributed by atoms with van der Waals surface area (Å²) in [5, 5.41) is 12.8. The van der Waals surface area contributed by atoms with Gasteiger partial charge < -0.3 is 19.6 Å². The highest BCUT2D eigenvalue weighted by Crippen LogP contribution is 2.20. The molecule has 108 valence electrons. The van der Waals surface area contributed by atoms with Gasteiger partial charge in [-0.1, -0.05) is 18.2 Å². The summed E-state index contributed by atoms with van der Waals surface area (Å²) in [7, 11) is 1.68. The molecule has 2 N–H and O–H groups in total. The standard InChI is InChI=1S/C16H21NO3/c1-12(10-13-6-3-4-7-15(13)19-2)17-14(11-18)16-8-5-9-20-16/h3-9,12,14,17-18H,10-11H2,1-2H3. The summed E-state index contributed by atoms with van der Waals surface area (Å²) in [6, 6.07) is 11.7. The second kappa shape index (κ2) is 7.12. The third kappa shape index (κ3) is 3.62. The Bertz CT molecular complexity index is 510. The van der Waals surface area contributed by atoms with Crippen LogP contribution in [0.25, 0.3) is 0 Å². The Hall–Kier alpha value is -1.78. The summed E-state index contributed by atoms with van der Waals surface area (Å²) in [5.41, 5.74) is 1.14. The van der Waals surface area contributed by atoms with Crippen LogP contribution in [-0.2, 0) is 6.42 Å². The molecule has 0 saturated carbocycles. The van der Waals surface area contributed by atoms with Crippen molar-refractivity contribution < 1.29 is 14.3 Å². The lowest BCUT2D eigenvalue weighted by molar-refractivity contribution is 0.216. The van der Waals surface area contributed by atoms with Crippen molar-refractivity contribution in [3.8, 4) is 5.75 Å². The lowest BCUT2D eigenvalue weighted by Gasteiger charge is -2.21. The smallest absolute Gasteiger partial charge is 0.123 e. The van der Waals surface area contributed by atoms with Gasteiger partial charge in [-0.15, -0.1) is 0 Å². The molecule has 4 nitrogen and oxygen atoms in total. The largest absolute Gasteiger partial charge is 0.496 e. The van der Waals surface area contributed by atoms with Gasteiger partial charge in [0.15, 0.2) is 0 Å². The van der Waals surface area contributed by atoms with Gasteiger partial charge in [0.05, 0.1) is 26.0 Å². The molecule has 4 heteroatoms. The highest BCUT2D eigenvalue weighted by atomic mass is 16.5. The Labute approximate surface area is 119 Å². The van der Waals surface area contributed by atoms with E-state index in [1.165, 1.54) is 0 Å². The molecule has 0 radical (unpaired) electrons. The third-order valence-corrected chi connectivity index (χ3v) is 3.27. The van der Waals surface area contributed by atoms with Crippen molar-refractivity contribution in [2.45, 2.75) is 25.4 Å². The van der Waals surface area contributed by atoms with Crippen LogP contribution in [0.4, 0.5) is 0 Å². The summed E-state index contributed by atoms with van der Waals surface area (Å²) in [5.74, 6) is 1.64. The van der Waals surface area contributed by atoms with Crippen molar-refractivity contribution in [3.63, 3.8) is 0 Å². The maximum absolute atomic E-state index is 9.47. The van der Waals surface area contributed by atoms with Crippen LogP contribution in [0, 0.1) is 0 Å². The van der Waals surface area contributed by atoms with Gasteiger partial charge in [-0.2, -0.15) is 0 Å². The van der Waals surface area contributed by atoms with Crippen LogP contribution in [0.2, 0.25) is 0 Å². The molecule has 0 aliphatic carbocycles. The van der Waals surface area contributed by atoms with Crippen molar-refractivity contribution in [1.29, 1.82) is 0 Å². The normalized spacial score (nSPS) is 13.9. The number of aliphatic hydroxyl groups excluding tert-OH is 1. The molecule has 0 aliphatic heterocycles. The van der Waals surface area contributed by atoms with Gasteiger partial charge in [-0.25, -0.2) is 0 Å². The molecule has 2 atom stereocenters. The van der Waals surface area contributed by atoms with Crippen LogP contribution in [0.1, 0.15) is 24.3 Å². The monoisotopic (exact) mass is 275 g/mol. The third-order valence-electron chi connectivity index (χ3n) is 3.27. The van der Waals surface area contributed by atoms with E-state index >= 15 is 0 Å². The first-order valence-corrected chi connectivity index (χ1v) is 6.76. The first kappa shape index (κ1) is 14.6. The highest BCUT2D eigenvalue weighted by molar-refractivity contribution is 5.33. The number of para-hydroxylation sites is 1. The van der Waals surface area contributed by atoms with E-state index in [2.05, 4.69) is 18.3 Å². The molecule has 2 unspecified atom stereocenters. The van der Waals surface area contributed by atoms with Crippen molar-refractivity contribution >= 4 is 0 Å². The fourth-order valence-corrected chi connectivity index (χ4v) is 2.32. The van der Waals surface area contributed by atoms with Gasteiger partial charge in [-0.05, 0) is 37.1 Å². The maximum atomic E-state index is 9.47. The van der Waals surface area contributed by atoms with Crippen LogP contribution in [0.3, 0.4) is 0 Å². The predicted octanol–water partition coefficient (Wildman–Crippen LogP) is 2.54. The summed E-state index contributed by atoms with van der Waals surface area (Å²) in [4.78, 5) is 0. The van der Waals surface area contributed by atoms with E-state index in [-0.39, 0.29) is 18.7 Å². The Morgan fingerprint density at radius 3 is 2.70 bits per heavy atom. The number of methoxy groups -OCH3 is 1. The second-order valence-corrected chi connectivity index (χ2v) is 4.83. The predicted molar refractivity (Wildman–Crippen MR) is 77.8 cm³/mol. The van der Waals surface area contributed by atoms with Gasteiger partial charge in [0.25, 0.3) is 0 Å². The zero-order chi connectivity index (χ0) is 14.4. The molecule has 0 spiro atoms. The van der Waals surface area contributed by atoms with Crippen LogP contribution >= 0.6 is 0 Å².